The second-order valence-corrected chi connectivity index (χ2v) is 6.81. The number of carbonyl (C=O) groups excluding carboxylic acids is 2. The average molecular weight is 521 g/mol. The number of nitro groups is 1. The highest BCUT2D eigenvalue weighted by Crippen LogP contribution is 2.27. The van der Waals surface area contributed by atoms with Crippen LogP contribution in [-0.4, -0.2) is 28.5 Å². The van der Waals surface area contributed by atoms with Gasteiger partial charge in [0.25, 0.3) is 11.6 Å². The number of nitrogens with zero attached hydrogens (tertiary/aromatic N) is 1. The molecule has 1 amide bonds. The van der Waals surface area contributed by atoms with Crippen LogP contribution in [0.1, 0.15) is 10.4 Å². The molecule has 0 spiro atoms. The van der Waals surface area contributed by atoms with Crippen molar-refractivity contribution in [2.24, 2.45) is 0 Å². The van der Waals surface area contributed by atoms with E-state index in [0.717, 1.165) is 3.57 Å². The zero-order valence-electron chi connectivity index (χ0n) is 12.4. The summed E-state index contributed by atoms with van der Waals surface area (Å²) in [6, 6.07) is 8.23. The molecule has 2 rings (SSSR count). The molecule has 0 unspecified atom stereocenters. The van der Waals surface area contributed by atoms with Gasteiger partial charge >= 0.3 is 5.97 Å². The summed E-state index contributed by atoms with van der Waals surface area (Å²) in [4.78, 5) is 33.9. The lowest BCUT2D eigenvalue weighted by Crippen LogP contribution is -2.21. The number of non-ortho nitro benzene ring substituents is 1. The number of benzene rings is 2. The van der Waals surface area contributed by atoms with Crippen LogP contribution in [0, 0.1) is 13.7 Å². The fraction of sp³-hybridized carbons (Fsp3) is 0.0667. The Morgan fingerprint density at radius 1 is 1.28 bits per heavy atom. The molecule has 8 nitrogen and oxygen atoms in total. The summed E-state index contributed by atoms with van der Waals surface area (Å²) in [6.07, 6.45) is 0. The molecule has 2 aromatic rings. The first-order chi connectivity index (χ1) is 11.8. The van der Waals surface area contributed by atoms with Gasteiger partial charge in [0.1, 0.15) is 11.3 Å². The summed E-state index contributed by atoms with van der Waals surface area (Å²) in [5.74, 6) is -1.72. The lowest BCUT2D eigenvalue weighted by atomic mass is 10.2. The van der Waals surface area contributed by atoms with Gasteiger partial charge in [-0.2, -0.15) is 0 Å². The minimum absolute atomic E-state index is 0.0452. The molecule has 0 fully saturated rings. The van der Waals surface area contributed by atoms with E-state index in [9.17, 15) is 24.8 Å². The highest BCUT2D eigenvalue weighted by atomic mass is 127. The zero-order valence-corrected chi connectivity index (χ0v) is 16.1. The molecular formula is C15H10BrIN2O6. The summed E-state index contributed by atoms with van der Waals surface area (Å²) in [6.45, 7) is -0.576. The summed E-state index contributed by atoms with van der Waals surface area (Å²) in [5.41, 5.74) is 0.116. The number of esters is 1. The molecule has 25 heavy (non-hydrogen) atoms. The molecule has 0 radical (unpaired) electrons. The standard InChI is InChI=1S/C15H10BrIN2O6/c16-11-6-9(19(23)24)2-3-12(11)18-14(21)7-25-15(22)10-5-8(17)1-4-13(10)20/h1-6,20H,7H2,(H,18,21). The Hall–Kier alpha value is -2.21. The molecule has 0 heterocycles. The molecule has 0 aliphatic carbocycles. The lowest BCUT2D eigenvalue weighted by molar-refractivity contribution is -0.384. The zero-order chi connectivity index (χ0) is 18.6. The van der Waals surface area contributed by atoms with Gasteiger partial charge in [0.15, 0.2) is 6.61 Å². The first-order valence-electron chi connectivity index (χ1n) is 6.67. The number of ether oxygens (including phenoxy) is 1. The van der Waals surface area contributed by atoms with E-state index in [2.05, 4.69) is 21.2 Å². The van der Waals surface area contributed by atoms with Gasteiger partial charge < -0.3 is 15.2 Å². The van der Waals surface area contributed by atoms with Gasteiger partial charge in [-0.05, 0) is 62.8 Å². The van der Waals surface area contributed by atoms with E-state index in [1.54, 1.807) is 6.07 Å². The SMILES string of the molecule is O=C(COC(=O)c1cc(I)ccc1O)Nc1ccc([N+](=O)[O-])cc1Br. The van der Waals surface area contributed by atoms with E-state index in [1.807, 2.05) is 22.6 Å². The average Bonchev–Trinajstić information content (AvgIpc) is 2.56. The van der Waals surface area contributed by atoms with Crippen LogP contribution < -0.4 is 5.32 Å². The van der Waals surface area contributed by atoms with Crippen molar-refractivity contribution in [3.63, 3.8) is 0 Å². The molecule has 130 valence electrons. The number of phenols is 1. The van der Waals surface area contributed by atoms with Gasteiger partial charge in [-0.15, -0.1) is 0 Å². The van der Waals surface area contributed by atoms with Gasteiger partial charge in [-0.3, -0.25) is 14.9 Å². The quantitative estimate of drug-likeness (QED) is 0.270. The molecule has 0 aliphatic heterocycles. The largest absolute Gasteiger partial charge is 0.507 e. The van der Waals surface area contributed by atoms with Crippen LogP contribution in [0.3, 0.4) is 0 Å². The number of halogens is 2. The predicted octanol–water partition coefficient (Wildman–Crippen LogP) is 3.46. The third kappa shape index (κ3) is 5.13. The van der Waals surface area contributed by atoms with Crippen molar-refractivity contribution in [2.45, 2.75) is 0 Å². The fourth-order valence-electron chi connectivity index (χ4n) is 1.79. The highest BCUT2D eigenvalue weighted by molar-refractivity contribution is 14.1. The maximum Gasteiger partial charge on any atom is 0.342 e. The van der Waals surface area contributed by atoms with Crippen molar-refractivity contribution in [2.75, 3.05) is 11.9 Å². The molecule has 0 aliphatic rings. The molecule has 0 atom stereocenters. The molecule has 0 saturated carbocycles. The van der Waals surface area contributed by atoms with E-state index in [-0.39, 0.29) is 17.0 Å². The van der Waals surface area contributed by atoms with Gasteiger partial charge in [0.05, 0.1) is 10.6 Å². The molecule has 10 heteroatoms. The van der Waals surface area contributed by atoms with E-state index in [1.165, 1.54) is 30.3 Å². The molecule has 0 saturated heterocycles. The smallest absolute Gasteiger partial charge is 0.342 e. The molecule has 0 aromatic heterocycles. The second-order valence-electron chi connectivity index (χ2n) is 4.71. The Morgan fingerprint density at radius 2 is 2.00 bits per heavy atom. The third-order valence-electron chi connectivity index (χ3n) is 2.95. The van der Waals surface area contributed by atoms with Crippen LogP contribution in [0.15, 0.2) is 40.9 Å². The van der Waals surface area contributed by atoms with Crippen LogP contribution in [0.5, 0.6) is 5.75 Å². The monoisotopic (exact) mass is 520 g/mol. The maximum atomic E-state index is 11.9. The second kappa shape index (κ2) is 8.25. The van der Waals surface area contributed by atoms with Gasteiger partial charge in [-0.25, -0.2) is 4.79 Å². The number of rotatable bonds is 5. The number of hydrogen-bond donors (Lipinski definition) is 2. The van der Waals surface area contributed by atoms with Crippen molar-refractivity contribution in [1.29, 1.82) is 0 Å². The highest BCUT2D eigenvalue weighted by Gasteiger charge is 2.16. The number of carbonyl (C=O) groups is 2. The Bertz CT molecular complexity index is 858. The fourth-order valence-corrected chi connectivity index (χ4v) is 2.74. The summed E-state index contributed by atoms with van der Waals surface area (Å²) >= 11 is 5.09. The summed E-state index contributed by atoms with van der Waals surface area (Å²) < 4.78 is 5.90. The van der Waals surface area contributed by atoms with E-state index >= 15 is 0 Å². The molecule has 2 N–H and O–H groups in total. The minimum atomic E-state index is -0.839. The number of phenolic OH excluding ortho intramolecular Hbond substituents is 1. The first-order valence-corrected chi connectivity index (χ1v) is 8.54. The van der Waals surface area contributed by atoms with Gasteiger partial charge in [0.2, 0.25) is 0 Å². The van der Waals surface area contributed by atoms with Crippen molar-refractivity contribution < 1.29 is 24.4 Å². The van der Waals surface area contributed by atoms with Crippen LogP contribution >= 0.6 is 38.5 Å². The van der Waals surface area contributed by atoms with E-state index in [4.69, 9.17) is 4.74 Å². The Labute approximate surface area is 163 Å². The summed E-state index contributed by atoms with van der Waals surface area (Å²) in [5, 5.41) is 22.8. The van der Waals surface area contributed by atoms with Crippen LogP contribution in [-0.2, 0) is 9.53 Å². The maximum absolute atomic E-state index is 11.9. The number of anilines is 1. The number of nitro benzene ring substituents is 1. The van der Waals surface area contributed by atoms with Crippen molar-refractivity contribution in [1.82, 2.24) is 0 Å². The lowest BCUT2D eigenvalue weighted by Gasteiger charge is -2.09. The van der Waals surface area contributed by atoms with Crippen LogP contribution in [0.2, 0.25) is 0 Å². The topological polar surface area (TPSA) is 119 Å². The van der Waals surface area contributed by atoms with E-state index < -0.39 is 23.4 Å². The van der Waals surface area contributed by atoms with Crippen molar-refractivity contribution in [3.05, 3.63) is 60.1 Å². The third-order valence-corrected chi connectivity index (χ3v) is 4.28. The molecule has 2 aromatic carbocycles. The van der Waals surface area contributed by atoms with E-state index in [0.29, 0.717) is 10.2 Å². The minimum Gasteiger partial charge on any atom is -0.507 e. The first kappa shape index (κ1) is 19.1. The molecular weight excluding hydrogens is 511 g/mol. The Morgan fingerprint density at radius 3 is 2.64 bits per heavy atom. The number of nitrogens with one attached hydrogen (secondary N) is 1. The van der Waals surface area contributed by atoms with Gasteiger partial charge in [-0.1, -0.05) is 0 Å². The number of hydrogen-bond acceptors (Lipinski definition) is 6. The summed E-state index contributed by atoms with van der Waals surface area (Å²) in [7, 11) is 0. The Kier molecular flexibility index (Phi) is 6.31. The van der Waals surface area contributed by atoms with Crippen LogP contribution in [0.4, 0.5) is 11.4 Å². The number of amides is 1. The van der Waals surface area contributed by atoms with Crippen molar-refractivity contribution >= 4 is 61.8 Å². The predicted molar refractivity (Wildman–Crippen MR) is 101 cm³/mol. The Balaban J connectivity index is 1.98. The van der Waals surface area contributed by atoms with Gasteiger partial charge in [0, 0.05) is 20.2 Å². The molecule has 0 bridgehead atoms. The van der Waals surface area contributed by atoms with Crippen LogP contribution in [0.25, 0.3) is 0 Å². The normalized spacial score (nSPS) is 10.2. The van der Waals surface area contributed by atoms with Crippen molar-refractivity contribution in [3.8, 4) is 5.75 Å². The number of aromatic hydroxyl groups is 1.